The quantitative estimate of drug-likeness (QED) is 0.719. The molecule has 2 aliphatic rings. The second-order valence-electron chi connectivity index (χ2n) is 6.71. The Morgan fingerprint density at radius 2 is 2.31 bits per heavy atom. The summed E-state index contributed by atoms with van der Waals surface area (Å²) < 4.78 is 25.7. The van der Waals surface area contributed by atoms with Crippen molar-refractivity contribution in [3.8, 4) is 5.75 Å². The van der Waals surface area contributed by atoms with Crippen molar-refractivity contribution < 1.29 is 23.8 Å². The summed E-state index contributed by atoms with van der Waals surface area (Å²) in [5, 5.41) is 16.0. The summed E-state index contributed by atoms with van der Waals surface area (Å²) in [7, 11) is 0. The lowest BCUT2D eigenvalue weighted by molar-refractivity contribution is -0.121. The van der Waals surface area contributed by atoms with Crippen LogP contribution in [-0.4, -0.2) is 55.8 Å². The van der Waals surface area contributed by atoms with Gasteiger partial charge in [0.15, 0.2) is 11.6 Å². The first-order valence-corrected chi connectivity index (χ1v) is 9.04. The van der Waals surface area contributed by atoms with Crippen LogP contribution < -0.4 is 20.3 Å². The van der Waals surface area contributed by atoms with E-state index in [0.29, 0.717) is 18.8 Å². The van der Waals surface area contributed by atoms with Crippen molar-refractivity contribution in [1.82, 2.24) is 10.6 Å². The van der Waals surface area contributed by atoms with E-state index in [4.69, 9.17) is 9.47 Å². The van der Waals surface area contributed by atoms with Crippen molar-refractivity contribution in [2.75, 3.05) is 31.1 Å². The fraction of sp³-hybridized carbons (Fsp3) is 0.611. The fourth-order valence-electron chi connectivity index (χ4n) is 3.25. The smallest absolute Gasteiger partial charge is 0.238 e. The number of aliphatic hydroxyl groups excluding tert-OH is 1. The molecule has 1 aromatic carbocycles. The zero-order valence-corrected chi connectivity index (χ0v) is 14.9. The number of hydrogen-bond acceptors (Lipinski definition) is 6. The second-order valence-corrected chi connectivity index (χ2v) is 6.71. The Hall–Kier alpha value is -1.90. The van der Waals surface area contributed by atoms with E-state index in [0.717, 1.165) is 32.4 Å². The molecular formula is C18H26FN3O4. The molecule has 3 rings (SSSR count). The average molecular weight is 367 g/mol. The predicted molar refractivity (Wildman–Crippen MR) is 94.4 cm³/mol. The molecule has 2 saturated heterocycles. The van der Waals surface area contributed by atoms with Crippen LogP contribution in [0.15, 0.2) is 18.2 Å². The molecule has 2 unspecified atom stereocenters. The van der Waals surface area contributed by atoms with Gasteiger partial charge in [0.05, 0.1) is 12.6 Å². The topological polar surface area (TPSA) is 83.1 Å². The van der Waals surface area contributed by atoms with Crippen LogP contribution in [0.3, 0.4) is 0 Å². The second kappa shape index (κ2) is 8.66. The van der Waals surface area contributed by atoms with Crippen LogP contribution in [0, 0.1) is 5.82 Å². The highest BCUT2D eigenvalue weighted by molar-refractivity contribution is 5.72. The minimum absolute atomic E-state index is 0.00750. The molecular weight excluding hydrogens is 341 g/mol. The SMILES string of the molecule is CC(=O)NC[C@H]1CN(c2ccc(OC3CCCNCC3)c(F)c2)C(O)O1. The van der Waals surface area contributed by atoms with Gasteiger partial charge in [-0.1, -0.05) is 0 Å². The molecule has 2 fully saturated rings. The summed E-state index contributed by atoms with van der Waals surface area (Å²) in [6, 6.07) is 4.65. The van der Waals surface area contributed by atoms with Crippen LogP contribution in [0.25, 0.3) is 0 Å². The van der Waals surface area contributed by atoms with Gasteiger partial charge in [0.2, 0.25) is 12.3 Å². The third kappa shape index (κ3) is 4.84. The van der Waals surface area contributed by atoms with Gasteiger partial charge in [0, 0.05) is 25.2 Å². The molecule has 0 spiro atoms. The number of carbonyl (C=O) groups excluding carboxylic acids is 1. The van der Waals surface area contributed by atoms with Crippen LogP contribution in [-0.2, 0) is 9.53 Å². The molecule has 7 nitrogen and oxygen atoms in total. The standard InChI is InChI=1S/C18H26FN3O4/c1-12(23)21-10-15-11-22(18(24)26-15)13-4-5-17(16(19)9-13)25-14-3-2-7-20-8-6-14/h4-5,9,14-15,18,20,24H,2-3,6-8,10-11H2,1H3,(H,21,23)/t14?,15-,18?/m0/s1. The molecule has 0 aromatic heterocycles. The Kier molecular flexibility index (Phi) is 6.29. The summed E-state index contributed by atoms with van der Waals surface area (Å²) in [6.07, 6.45) is 1.24. The van der Waals surface area contributed by atoms with Crippen LogP contribution >= 0.6 is 0 Å². The maximum atomic E-state index is 14.5. The Morgan fingerprint density at radius 3 is 3.08 bits per heavy atom. The highest BCUT2D eigenvalue weighted by Crippen LogP contribution is 2.29. The zero-order chi connectivity index (χ0) is 18.5. The predicted octanol–water partition coefficient (Wildman–Crippen LogP) is 0.964. The number of benzene rings is 1. The number of anilines is 1. The molecule has 8 heteroatoms. The van der Waals surface area contributed by atoms with E-state index in [9.17, 15) is 14.3 Å². The number of nitrogens with zero attached hydrogens (tertiary/aromatic N) is 1. The van der Waals surface area contributed by atoms with E-state index in [1.54, 1.807) is 17.0 Å². The van der Waals surface area contributed by atoms with Crippen molar-refractivity contribution >= 4 is 11.6 Å². The van der Waals surface area contributed by atoms with Crippen LogP contribution in [0.4, 0.5) is 10.1 Å². The van der Waals surface area contributed by atoms with Gasteiger partial charge in [0.25, 0.3) is 0 Å². The van der Waals surface area contributed by atoms with E-state index < -0.39 is 12.2 Å². The Balaban J connectivity index is 1.62. The Labute approximate surface area is 152 Å². The molecule has 144 valence electrons. The third-order valence-corrected chi connectivity index (χ3v) is 4.62. The molecule has 0 aliphatic carbocycles. The first-order valence-electron chi connectivity index (χ1n) is 9.04. The van der Waals surface area contributed by atoms with Crippen molar-refractivity contribution in [2.24, 2.45) is 0 Å². The maximum Gasteiger partial charge on any atom is 0.238 e. The summed E-state index contributed by atoms with van der Waals surface area (Å²) in [5.41, 5.74) is 0.509. The molecule has 0 saturated carbocycles. The van der Waals surface area contributed by atoms with Gasteiger partial charge in [-0.25, -0.2) is 4.39 Å². The Bertz CT molecular complexity index is 622. The van der Waals surface area contributed by atoms with Gasteiger partial charge >= 0.3 is 0 Å². The lowest BCUT2D eigenvalue weighted by Gasteiger charge is -2.22. The van der Waals surface area contributed by atoms with E-state index in [-0.39, 0.29) is 23.9 Å². The van der Waals surface area contributed by atoms with Crippen molar-refractivity contribution in [1.29, 1.82) is 0 Å². The van der Waals surface area contributed by atoms with Crippen molar-refractivity contribution in [3.05, 3.63) is 24.0 Å². The fourth-order valence-corrected chi connectivity index (χ4v) is 3.25. The van der Waals surface area contributed by atoms with Crippen molar-refractivity contribution in [3.63, 3.8) is 0 Å². The first-order chi connectivity index (χ1) is 12.5. The van der Waals surface area contributed by atoms with Crippen LogP contribution in [0.2, 0.25) is 0 Å². The number of halogens is 1. The number of amides is 1. The molecule has 1 amide bonds. The molecule has 2 aliphatic heterocycles. The normalized spacial score (nSPS) is 26.4. The monoisotopic (exact) mass is 367 g/mol. The van der Waals surface area contributed by atoms with E-state index >= 15 is 0 Å². The van der Waals surface area contributed by atoms with E-state index in [1.807, 2.05) is 0 Å². The summed E-state index contributed by atoms with van der Waals surface area (Å²) in [4.78, 5) is 12.5. The molecule has 3 N–H and O–H groups in total. The number of aliphatic hydroxyl groups is 1. The highest BCUT2D eigenvalue weighted by Gasteiger charge is 2.32. The summed E-state index contributed by atoms with van der Waals surface area (Å²) in [5.74, 6) is -0.398. The number of rotatable bonds is 5. The largest absolute Gasteiger partial charge is 0.487 e. The van der Waals surface area contributed by atoms with Gasteiger partial charge in [-0.15, -0.1) is 0 Å². The number of nitrogens with one attached hydrogen (secondary N) is 2. The van der Waals surface area contributed by atoms with Gasteiger partial charge in [-0.05, 0) is 44.5 Å². The van der Waals surface area contributed by atoms with E-state index in [2.05, 4.69) is 10.6 Å². The molecule has 2 heterocycles. The lowest BCUT2D eigenvalue weighted by atomic mass is 10.1. The van der Waals surface area contributed by atoms with Crippen molar-refractivity contribution in [2.45, 2.75) is 44.8 Å². The molecule has 3 atom stereocenters. The van der Waals surface area contributed by atoms with Gasteiger partial charge in [-0.2, -0.15) is 0 Å². The highest BCUT2D eigenvalue weighted by atomic mass is 19.1. The molecule has 0 bridgehead atoms. The molecule has 1 aromatic rings. The first kappa shape index (κ1) is 18.9. The van der Waals surface area contributed by atoms with Gasteiger partial charge in [0.1, 0.15) is 6.10 Å². The zero-order valence-electron chi connectivity index (χ0n) is 14.9. The van der Waals surface area contributed by atoms with Crippen LogP contribution in [0.1, 0.15) is 26.2 Å². The maximum absolute atomic E-state index is 14.5. The van der Waals surface area contributed by atoms with Gasteiger partial charge in [-0.3, -0.25) is 4.79 Å². The van der Waals surface area contributed by atoms with Crippen LogP contribution in [0.5, 0.6) is 5.75 Å². The Morgan fingerprint density at radius 1 is 1.46 bits per heavy atom. The number of hydrogen-bond donors (Lipinski definition) is 3. The number of carbonyl (C=O) groups is 1. The minimum Gasteiger partial charge on any atom is -0.487 e. The minimum atomic E-state index is -1.17. The summed E-state index contributed by atoms with van der Waals surface area (Å²) in [6.45, 7) is 3.91. The third-order valence-electron chi connectivity index (χ3n) is 4.62. The van der Waals surface area contributed by atoms with E-state index in [1.165, 1.54) is 13.0 Å². The number of ether oxygens (including phenoxy) is 2. The van der Waals surface area contributed by atoms with Gasteiger partial charge < -0.3 is 30.1 Å². The lowest BCUT2D eigenvalue weighted by Crippen LogP contribution is -2.33. The average Bonchev–Trinajstić information content (AvgIpc) is 2.80. The molecule has 26 heavy (non-hydrogen) atoms. The summed E-state index contributed by atoms with van der Waals surface area (Å²) >= 11 is 0. The molecule has 0 radical (unpaired) electrons.